The minimum Gasteiger partial charge on any atom is -0.476 e. The van der Waals surface area contributed by atoms with Crippen molar-refractivity contribution in [3.63, 3.8) is 0 Å². The minimum absolute atomic E-state index is 0.491. The molecule has 0 radical (unpaired) electrons. The Bertz CT molecular complexity index is 362. The number of rotatable bonds is 9. The molecule has 5 heteroatoms. The highest BCUT2D eigenvalue weighted by Crippen LogP contribution is 2.28. The van der Waals surface area contributed by atoms with Crippen LogP contribution in [0.15, 0.2) is 6.33 Å². The van der Waals surface area contributed by atoms with E-state index in [1.165, 1.54) is 6.33 Å². The van der Waals surface area contributed by atoms with Gasteiger partial charge in [0, 0.05) is 13.1 Å². The van der Waals surface area contributed by atoms with E-state index in [-0.39, 0.29) is 0 Å². The zero-order valence-electron chi connectivity index (χ0n) is 12.4. The minimum atomic E-state index is 0.491. The predicted molar refractivity (Wildman–Crippen MR) is 79.6 cm³/mol. The molecule has 0 atom stereocenters. The van der Waals surface area contributed by atoms with E-state index in [2.05, 4.69) is 28.7 Å². The van der Waals surface area contributed by atoms with E-state index in [1.807, 2.05) is 6.92 Å². The van der Waals surface area contributed by atoms with E-state index in [0.717, 1.165) is 44.6 Å². The highest BCUT2D eigenvalue weighted by molar-refractivity contribution is 5.67. The average Bonchev–Trinajstić information content (AvgIpc) is 2.42. The van der Waals surface area contributed by atoms with Crippen molar-refractivity contribution in [2.75, 3.05) is 30.3 Å². The van der Waals surface area contributed by atoms with Gasteiger partial charge in [-0.15, -0.1) is 0 Å². The first-order valence-electron chi connectivity index (χ1n) is 7.22. The van der Waals surface area contributed by atoms with Gasteiger partial charge in [0.05, 0.1) is 6.61 Å². The van der Waals surface area contributed by atoms with Gasteiger partial charge in [-0.2, -0.15) is 4.98 Å². The molecular weight excluding hydrogens is 240 g/mol. The number of ether oxygens (including phenoxy) is 1. The molecule has 0 saturated carbocycles. The Labute approximate surface area is 116 Å². The maximum absolute atomic E-state index is 6.12. The van der Waals surface area contributed by atoms with Gasteiger partial charge >= 0.3 is 0 Å². The summed E-state index contributed by atoms with van der Waals surface area (Å²) in [7, 11) is 0. The zero-order chi connectivity index (χ0) is 14.1. The summed E-state index contributed by atoms with van der Waals surface area (Å²) < 4.78 is 5.43. The summed E-state index contributed by atoms with van der Waals surface area (Å²) in [5, 5.41) is 0. The standard InChI is InChI=1S/C14H26N4O/c1-4-7-9-18(10-8-5-2)13-12(15)14(19-6-3)17-11-16-13/h11H,4-10,15H2,1-3H3. The van der Waals surface area contributed by atoms with Gasteiger partial charge in [0.15, 0.2) is 5.82 Å². The van der Waals surface area contributed by atoms with Crippen LogP contribution in [0.4, 0.5) is 11.5 Å². The predicted octanol–water partition coefficient (Wildman–Crippen LogP) is 2.86. The number of nitrogen functional groups attached to an aromatic ring is 1. The lowest BCUT2D eigenvalue weighted by atomic mass is 10.2. The largest absolute Gasteiger partial charge is 0.476 e. The van der Waals surface area contributed by atoms with Crippen LogP contribution in [0, 0.1) is 0 Å². The number of hydrogen-bond acceptors (Lipinski definition) is 5. The Morgan fingerprint density at radius 3 is 2.26 bits per heavy atom. The molecule has 0 aromatic carbocycles. The Hall–Kier alpha value is -1.52. The molecule has 0 aliphatic heterocycles. The van der Waals surface area contributed by atoms with E-state index in [1.54, 1.807) is 0 Å². The maximum atomic E-state index is 6.12. The number of anilines is 2. The second-order valence-electron chi connectivity index (χ2n) is 4.54. The van der Waals surface area contributed by atoms with Crippen molar-refractivity contribution in [2.45, 2.75) is 46.5 Å². The van der Waals surface area contributed by atoms with Crippen LogP contribution in [0.1, 0.15) is 46.5 Å². The molecule has 0 amide bonds. The van der Waals surface area contributed by atoms with Crippen molar-refractivity contribution in [3.05, 3.63) is 6.33 Å². The summed E-state index contributed by atoms with van der Waals surface area (Å²) in [5.41, 5.74) is 6.67. The lowest BCUT2D eigenvalue weighted by molar-refractivity contribution is 0.328. The summed E-state index contributed by atoms with van der Waals surface area (Å²) in [6.07, 6.45) is 6.12. The number of aromatic nitrogens is 2. The van der Waals surface area contributed by atoms with Crippen LogP contribution in [0.3, 0.4) is 0 Å². The fourth-order valence-electron chi connectivity index (χ4n) is 1.90. The van der Waals surface area contributed by atoms with E-state index in [4.69, 9.17) is 10.5 Å². The first-order valence-corrected chi connectivity index (χ1v) is 7.22. The molecule has 0 unspecified atom stereocenters. The van der Waals surface area contributed by atoms with E-state index in [0.29, 0.717) is 18.2 Å². The van der Waals surface area contributed by atoms with Gasteiger partial charge in [-0.25, -0.2) is 4.98 Å². The van der Waals surface area contributed by atoms with Crippen molar-refractivity contribution in [1.82, 2.24) is 9.97 Å². The summed E-state index contributed by atoms with van der Waals surface area (Å²) in [6.45, 7) is 8.81. The molecule has 0 saturated heterocycles. The first-order chi connectivity index (χ1) is 9.24. The van der Waals surface area contributed by atoms with Gasteiger partial charge in [-0.1, -0.05) is 26.7 Å². The molecule has 0 bridgehead atoms. The first kappa shape index (κ1) is 15.5. The van der Waals surface area contributed by atoms with Crippen molar-refractivity contribution < 1.29 is 4.74 Å². The summed E-state index contributed by atoms with van der Waals surface area (Å²) >= 11 is 0. The Balaban J connectivity index is 2.89. The average molecular weight is 266 g/mol. The van der Waals surface area contributed by atoms with Gasteiger partial charge in [-0.05, 0) is 19.8 Å². The van der Waals surface area contributed by atoms with Crippen molar-refractivity contribution in [2.24, 2.45) is 0 Å². The SMILES string of the molecule is CCCCN(CCCC)c1ncnc(OCC)c1N. The molecule has 5 nitrogen and oxygen atoms in total. The summed E-state index contributed by atoms with van der Waals surface area (Å²) in [6, 6.07) is 0. The molecule has 108 valence electrons. The smallest absolute Gasteiger partial charge is 0.242 e. The molecule has 19 heavy (non-hydrogen) atoms. The maximum Gasteiger partial charge on any atom is 0.242 e. The fourth-order valence-corrected chi connectivity index (χ4v) is 1.90. The second-order valence-corrected chi connectivity index (χ2v) is 4.54. The number of hydrogen-bond donors (Lipinski definition) is 1. The van der Waals surface area contributed by atoms with Crippen LogP contribution in [0.5, 0.6) is 5.88 Å². The molecule has 1 heterocycles. The van der Waals surface area contributed by atoms with Crippen LogP contribution in [-0.4, -0.2) is 29.7 Å². The van der Waals surface area contributed by atoms with Crippen LogP contribution in [-0.2, 0) is 0 Å². The molecule has 2 N–H and O–H groups in total. The quantitative estimate of drug-likeness (QED) is 0.744. The van der Waals surface area contributed by atoms with Crippen molar-refractivity contribution >= 4 is 11.5 Å². The lowest BCUT2D eigenvalue weighted by Gasteiger charge is -2.25. The Morgan fingerprint density at radius 2 is 1.74 bits per heavy atom. The monoisotopic (exact) mass is 266 g/mol. The van der Waals surface area contributed by atoms with E-state index >= 15 is 0 Å². The van der Waals surface area contributed by atoms with Gasteiger partial charge in [-0.3, -0.25) is 0 Å². The normalized spacial score (nSPS) is 10.5. The van der Waals surface area contributed by atoms with Gasteiger partial charge in [0.25, 0.3) is 0 Å². The highest BCUT2D eigenvalue weighted by Gasteiger charge is 2.15. The molecular formula is C14H26N4O. The van der Waals surface area contributed by atoms with Crippen LogP contribution in [0.2, 0.25) is 0 Å². The number of nitrogens with two attached hydrogens (primary N) is 1. The number of unbranched alkanes of at least 4 members (excludes halogenated alkanes) is 2. The third kappa shape index (κ3) is 4.58. The molecule has 0 aliphatic carbocycles. The zero-order valence-corrected chi connectivity index (χ0v) is 12.4. The van der Waals surface area contributed by atoms with Crippen LogP contribution in [0.25, 0.3) is 0 Å². The van der Waals surface area contributed by atoms with Crippen LogP contribution < -0.4 is 15.4 Å². The van der Waals surface area contributed by atoms with Crippen molar-refractivity contribution in [3.8, 4) is 5.88 Å². The topological polar surface area (TPSA) is 64.3 Å². The van der Waals surface area contributed by atoms with Gasteiger partial charge < -0.3 is 15.4 Å². The van der Waals surface area contributed by atoms with Crippen molar-refractivity contribution in [1.29, 1.82) is 0 Å². The second kappa shape index (κ2) is 8.56. The molecule has 1 aromatic heterocycles. The van der Waals surface area contributed by atoms with Crippen LogP contribution >= 0.6 is 0 Å². The third-order valence-electron chi connectivity index (χ3n) is 2.97. The fraction of sp³-hybridized carbons (Fsp3) is 0.714. The summed E-state index contributed by atoms with van der Waals surface area (Å²) in [5.74, 6) is 1.30. The highest BCUT2D eigenvalue weighted by atomic mass is 16.5. The summed E-state index contributed by atoms with van der Waals surface area (Å²) in [4.78, 5) is 10.7. The van der Waals surface area contributed by atoms with E-state index < -0.39 is 0 Å². The molecule has 1 aromatic rings. The molecule has 1 rings (SSSR count). The van der Waals surface area contributed by atoms with E-state index in [9.17, 15) is 0 Å². The molecule has 0 fully saturated rings. The Morgan fingerprint density at radius 1 is 1.11 bits per heavy atom. The van der Waals surface area contributed by atoms with Gasteiger partial charge in [0.2, 0.25) is 5.88 Å². The Kier molecular flexibility index (Phi) is 7.00. The van der Waals surface area contributed by atoms with Gasteiger partial charge in [0.1, 0.15) is 12.0 Å². The molecule has 0 aliphatic rings. The third-order valence-corrected chi connectivity index (χ3v) is 2.97. The lowest BCUT2D eigenvalue weighted by Crippen LogP contribution is -2.27. The molecule has 0 spiro atoms. The number of nitrogens with zero attached hydrogens (tertiary/aromatic N) is 3.